The molecule has 2 fully saturated rings. The van der Waals surface area contributed by atoms with E-state index >= 15 is 0 Å². The first kappa shape index (κ1) is 28.1. The van der Waals surface area contributed by atoms with E-state index in [9.17, 15) is 14.0 Å². The number of aryl methyl sites for hydroxylation is 1. The SMILES string of the molecule is Cc1ccc2c(c1)OCCO2.O=CNc1ccc(F)c(NC(=O)c2cc3ccc(CN4CC5CNCC5C4)cc3s2)c1. The third-order valence-electron chi connectivity index (χ3n) is 7.82. The number of carbonyl (C=O) groups is 2. The van der Waals surface area contributed by atoms with E-state index < -0.39 is 5.82 Å². The maximum Gasteiger partial charge on any atom is 0.265 e. The van der Waals surface area contributed by atoms with Gasteiger partial charge in [-0.3, -0.25) is 14.5 Å². The molecule has 3 aliphatic rings. The molecule has 42 heavy (non-hydrogen) atoms. The van der Waals surface area contributed by atoms with Crippen molar-refractivity contribution in [1.29, 1.82) is 0 Å². The van der Waals surface area contributed by atoms with Crippen molar-refractivity contribution in [3.63, 3.8) is 0 Å². The molecule has 10 heteroatoms. The van der Waals surface area contributed by atoms with Crippen LogP contribution in [0.3, 0.4) is 0 Å². The number of hydrogen-bond acceptors (Lipinski definition) is 7. The second kappa shape index (κ2) is 12.5. The van der Waals surface area contributed by atoms with Gasteiger partial charge in [0.2, 0.25) is 6.41 Å². The number of nitrogens with one attached hydrogen (secondary N) is 3. The average molecular weight is 589 g/mol. The van der Waals surface area contributed by atoms with Crippen molar-refractivity contribution in [3.05, 3.63) is 82.5 Å². The van der Waals surface area contributed by atoms with Crippen molar-refractivity contribution in [3.8, 4) is 11.5 Å². The van der Waals surface area contributed by atoms with E-state index in [-0.39, 0.29) is 11.6 Å². The Kier molecular flexibility index (Phi) is 8.36. The smallest absolute Gasteiger partial charge is 0.265 e. The number of hydrogen-bond donors (Lipinski definition) is 3. The summed E-state index contributed by atoms with van der Waals surface area (Å²) in [7, 11) is 0. The Morgan fingerprint density at radius 1 is 1.02 bits per heavy atom. The molecule has 0 radical (unpaired) electrons. The zero-order chi connectivity index (χ0) is 29.1. The molecule has 2 unspecified atom stereocenters. The fourth-order valence-corrected chi connectivity index (χ4v) is 6.76. The van der Waals surface area contributed by atoms with Crippen LogP contribution >= 0.6 is 11.3 Å². The predicted octanol–water partition coefficient (Wildman–Crippen LogP) is 5.28. The van der Waals surface area contributed by atoms with Crippen molar-refractivity contribution in [2.45, 2.75) is 13.5 Å². The first-order chi connectivity index (χ1) is 20.4. The lowest BCUT2D eigenvalue weighted by atomic mass is 10.0. The minimum absolute atomic E-state index is 0.0315. The first-order valence-corrected chi connectivity index (χ1v) is 14.9. The highest BCUT2D eigenvalue weighted by atomic mass is 32.1. The van der Waals surface area contributed by atoms with Gasteiger partial charge in [-0.05, 0) is 90.8 Å². The number of amides is 2. The fourth-order valence-electron chi connectivity index (χ4n) is 5.74. The van der Waals surface area contributed by atoms with Gasteiger partial charge >= 0.3 is 0 Å². The standard InChI is InChI=1S/C23H23FN4O2S.C9H10O2/c24-19-4-3-18(26-13-29)7-20(19)27-23(30)22-6-15-2-1-14(5-21(15)31-22)10-28-11-16-8-25-9-17(16)12-28;1-7-2-3-8-9(6-7)11-5-4-10-8/h1-7,13,16-17,25H,8-12H2,(H,26,29)(H,27,30);2-3,6H,4-5H2,1H3. The zero-order valence-corrected chi connectivity index (χ0v) is 24.1. The van der Waals surface area contributed by atoms with Crippen molar-refractivity contribution < 1.29 is 23.5 Å². The summed E-state index contributed by atoms with van der Waals surface area (Å²) in [4.78, 5) is 26.3. The second-order valence-corrected chi connectivity index (χ2v) is 12.0. The minimum atomic E-state index is -0.557. The van der Waals surface area contributed by atoms with Crippen LogP contribution in [0.4, 0.5) is 15.8 Å². The van der Waals surface area contributed by atoms with Gasteiger partial charge in [0.25, 0.3) is 5.91 Å². The van der Waals surface area contributed by atoms with Crippen LogP contribution in [0.15, 0.2) is 60.7 Å². The molecule has 0 aliphatic carbocycles. The lowest BCUT2D eigenvalue weighted by Crippen LogP contribution is -2.25. The Bertz CT molecular complexity index is 1600. The molecule has 2 saturated heterocycles. The largest absolute Gasteiger partial charge is 0.486 e. The summed E-state index contributed by atoms with van der Waals surface area (Å²) >= 11 is 1.40. The molecular formula is C32H33FN4O4S. The maximum atomic E-state index is 14.1. The van der Waals surface area contributed by atoms with Crippen molar-refractivity contribution in [1.82, 2.24) is 10.2 Å². The number of fused-ring (bicyclic) bond motifs is 3. The third-order valence-corrected chi connectivity index (χ3v) is 8.91. The summed E-state index contributed by atoms with van der Waals surface area (Å²) in [5, 5.41) is 9.53. The van der Waals surface area contributed by atoms with Gasteiger partial charge in [0.05, 0.1) is 10.6 Å². The van der Waals surface area contributed by atoms with E-state index in [0.29, 0.717) is 30.2 Å². The molecule has 3 aliphatic heterocycles. The highest BCUT2D eigenvalue weighted by Crippen LogP contribution is 2.32. The summed E-state index contributed by atoms with van der Waals surface area (Å²) in [6.07, 6.45) is 0.508. The Morgan fingerprint density at radius 3 is 2.60 bits per heavy atom. The highest BCUT2D eigenvalue weighted by molar-refractivity contribution is 7.20. The highest BCUT2D eigenvalue weighted by Gasteiger charge is 2.35. The monoisotopic (exact) mass is 588 g/mol. The van der Waals surface area contributed by atoms with Crippen LogP contribution in [0.25, 0.3) is 10.1 Å². The van der Waals surface area contributed by atoms with Crippen LogP contribution in [-0.2, 0) is 11.3 Å². The lowest BCUT2D eigenvalue weighted by Gasteiger charge is -2.18. The molecule has 1 aromatic heterocycles. The number of benzene rings is 3. The molecular weight excluding hydrogens is 555 g/mol. The molecule has 3 N–H and O–H groups in total. The summed E-state index contributed by atoms with van der Waals surface area (Å²) in [5.74, 6) is 2.34. The molecule has 2 amide bonds. The second-order valence-electron chi connectivity index (χ2n) is 10.9. The van der Waals surface area contributed by atoms with Gasteiger partial charge in [0, 0.05) is 30.0 Å². The normalized spacial score (nSPS) is 19.1. The van der Waals surface area contributed by atoms with E-state index in [0.717, 1.165) is 66.1 Å². The molecule has 3 aromatic carbocycles. The number of carbonyl (C=O) groups excluding carboxylic acids is 2. The number of nitrogens with zero attached hydrogens (tertiary/aromatic N) is 1. The molecule has 218 valence electrons. The third kappa shape index (κ3) is 6.41. The topological polar surface area (TPSA) is 91.9 Å². The van der Waals surface area contributed by atoms with E-state index in [1.807, 2.05) is 37.3 Å². The van der Waals surface area contributed by atoms with Crippen LogP contribution in [0, 0.1) is 24.6 Å². The number of rotatable bonds is 6. The van der Waals surface area contributed by atoms with Gasteiger partial charge in [0.1, 0.15) is 19.0 Å². The van der Waals surface area contributed by atoms with Gasteiger partial charge in [0.15, 0.2) is 11.5 Å². The number of likely N-dealkylation sites (tertiary alicyclic amines) is 1. The molecule has 2 atom stereocenters. The molecule has 0 spiro atoms. The average Bonchev–Trinajstić information content (AvgIpc) is 3.70. The number of halogens is 1. The fraction of sp³-hybridized carbons (Fsp3) is 0.312. The summed E-state index contributed by atoms with van der Waals surface area (Å²) in [6.45, 7) is 8.81. The van der Waals surface area contributed by atoms with Crippen LogP contribution in [-0.4, -0.2) is 56.6 Å². The van der Waals surface area contributed by atoms with Gasteiger partial charge < -0.3 is 25.4 Å². The van der Waals surface area contributed by atoms with E-state index in [1.54, 1.807) is 0 Å². The molecule has 4 aromatic rings. The lowest BCUT2D eigenvalue weighted by molar-refractivity contribution is -0.105. The number of thiophene rings is 1. The number of ether oxygens (including phenoxy) is 2. The first-order valence-electron chi connectivity index (χ1n) is 14.1. The Hall–Kier alpha value is -3.99. The van der Waals surface area contributed by atoms with Gasteiger partial charge in [-0.25, -0.2) is 4.39 Å². The quantitative estimate of drug-likeness (QED) is 0.266. The molecule has 4 heterocycles. The Morgan fingerprint density at radius 2 is 1.81 bits per heavy atom. The van der Waals surface area contributed by atoms with Crippen LogP contribution < -0.4 is 25.4 Å². The summed E-state index contributed by atoms with van der Waals surface area (Å²) in [6, 6.07) is 18.2. The van der Waals surface area contributed by atoms with Crippen molar-refractivity contribution in [2.24, 2.45) is 11.8 Å². The molecule has 0 bridgehead atoms. The Balaban J connectivity index is 0.000000240. The van der Waals surface area contributed by atoms with Crippen LogP contribution in [0.1, 0.15) is 20.8 Å². The summed E-state index contributed by atoms with van der Waals surface area (Å²) < 4.78 is 25.9. The summed E-state index contributed by atoms with van der Waals surface area (Å²) in [5.41, 5.74) is 2.89. The maximum absolute atomic E-state index is 14.1. The molecule has 8 nitrogen and oxygen atoms in total. The predicted molar refractivity (Wildman–Crippen MR) is 163 cm³/mol. The van der Waals surface area contributed by atoms with Crippen molar-refractivity contribution >= 4 is 45.1 Å². The van der Waals surface area contributed by atoms with Gasteiger partial charge in [-0.2, -0.15) is 0 Å². The van der Waals surface area contributed by atoms with Crippen LogP contribution in [0.2, 0.25) is 0 Å². The molecule has 0 saturated carbocycles. The minimum Gasteiger partial charge on any atom is -0.486 e. The van der Waals surface area contributed by atoms with E-state index in [4.69, 9.17) is 9.47 Å². The van der Waals surface area contributed by atoms with Crippen LogP contribution in [0.5, 0.6) is 11.5 Å². The zero-order valence-electron chi connectivity index (χ0n) is 23.3. The van der Waals surface area contributed by atoms with E-state index in [2.05, 4.69) is 33.0 Å². The van der Waals surface area contributed by atoms with E-state index in [1.165, 1.54) is 40.7 Å². The number of anilines is 2. The van der Waals surface area contributed by atoms with Crippen molar-refractivity contribution in [2.75, 3.05) is 50.0 Å². The molecule has 7 rings (SSSR count). The van der Waals surface area contributed by atoms with Gasteiger partial charge in [-0.1, -0.05) is 18.2 Å². The Labute approximate surface area is 247 Å². The van der Waals surface area contributed by atoms with Gasteiger partial charge in [-0.15, -0.1) is 11.3 Å².